The number of hydrogen-bond donors (Lipinski definition) is 0. The molecule has 0 saturated carbocycles. The SMILES string of the molecule is FC(F)C(I)CI. The van der Waals surface area contributed by atoms with Crippen molar-refractivity contribution in [3.63, 3.8) is 0 Å². The van der Waals surface area contributed by atoms with E-state index in [-0.39, 0.29) is 0 Å². The standard InChI is InChI=1S/C3H4F2I2/c4-3(5)2(7)1-6/h2-3H,1H2. The van der Waals surface area contributed by atoms with Crippen LogP contribution in [0.15, 0.2) is 0 Å². The van der Waals surface area contributed by atoms with Crippen LogP contribution in [0.3, 0.4) is 0 Å². The van der Waals surface area contributed by atoms with Crippen LogP contribution in [0.5, 0.6) is 0 Å². The van der Waals surface area contributed by atoms with Crippen molar-refractivity contribution >= 4 is 45.2 Å². The normalized spacial score (nSPS) is 15.0. The van der Waals surface area contributed by atoms with E-state index in [0.717, 1.165) is 0 Å². The van der Waals surface area contributed by atoms with Gasteiger partial charge in [0.2, 0.25) is 0 Å². The zero-order valence-corrected chi connectivity index (χ0v) is 7.69. The van der Waals surface area contributed by atoms with Crippen molar-refractivity contribution in [2.24, 2.45) is 0 Å². The van der Waals surface area contributed by atoms with E-state index in [2.05, 4.69) is 0 Å². The molecule has 0 bridgehead atoms. The van der Waals surface area contributed by atoms with Crippen LogP contribution in [0.1, 0.15) is 0 Å². The molecular formula is C3H4F2I2. The van der Waals surface area contributed by atoms with Crippen molar-refractivity contribution in [1.29, 1.82) is 0 Å². The van der Waals surface area contributed by atoms with Crippen LogP contribution in [-0.2, 0) is 0 Å². The Balaban J connectivity index is 3.14. The first-order valence-corrected chi connectivity index (χ1v) is 4.43. The molecule has 0 aromatic rings. The van der Waals surface area contributed by atoms with Gasteiger partial charge in [-0.1, -0.05) is 45.2 Å². The van der Waals surface area contributed by atoms with Crippen molar-refractivity contribution in [2.45, 2.75) is 10.4 Å². The number of alkyl halides is 4. The second-order valence-electron chi connectivity index (χ2n) is 1.00. The maximum Gasteiger partial charge on any atom is 0.250 e. The quantitative estimate of drug-likeness (QED) is 0.539. The minimum absolute atomic E-state index is 0.474. The molecule has 0 nitrogen and oxygen atoms in total. The van der Waals surface area contributed by atoms with Gasteiger partial charge in [0.05, 0.1) is 3.92 Å². The molecule has 44 valence electrons. The topological polar surface area (TPSA) is 0 Å². The lowest BCUT2D eigenvalue weighted by Crippen LogP contribution is -2.09. The molecule has 0 fully saturated rings. The first-order chi connectivity index (χ1) is 3.18. The smallest absolute Gasteiger partial charge is 0.209 e. The Hall–Kier alpha value is 1.32. The van der Waals surface area contributed by atoms with E-state index in [0.29, 0.717) is 4.43 Å². The molecule has 1 atom stereocenters. The third kappa shape index (κ3) is 3.87. The largest absolute Gasteiger partial charge is 0.250 e. The Morgan fingerprint density at radius 1 is 1.43 bits per heavy atom. The second kappa shape index (κ2) is 4.22. The molecule has 0 amide bonds. The van der Waals surface area contributed by atoms with E-state index in [1.54, 1.807) is 22.6 Å². The Morgan fingerprint density at radius 3 is 1.86 bits per heavy atom. The van der Waals surface area contributed by atoms with Gasteiger partial charge in [0, 0.05) is 4.43 Å². The van der Waals surface area contributed by atoms with Crippen LogP contribution in [0.2, 0.25) is 0 Å². The first kappa shape index (κ1) is 8.32. The van der Waals surface area contributed by atoms with Crippen molar-refractivity contribution in [1.82, 2.24) is 0 Å². The van der Waals surface area contributed by atoms with Crippen LogP contribution >= 0.6 is 45.2 Å². The van der Waals surface area contributed by atoms with Gasteiger partial charge in [-0.3, -0.25) is 0 Å². The predicted molar refractivity (Wildman–Crippen MR) is 42.7 cm³/mol. The molecule has 0 aliphatic rings. The molecular weight excluding hydrogens is 328 g/mol. The van der Waals surface area contributed by atoms with Gasteiger partial charge in [-0.2, -0.15) is 0 Å². The van der Waals surface area contributed by atoms with Gasteiger partial charge in [0.15, 0.2) is 0 Å². The Bertz CT molecular complexity index is 48.2. The molecule has 0 radical (unpaired) electrons. The number of halogens is 4. The van der Waals surface area contributed by atoms with Crippen molar-refractivity contribution in [3.05, 3.63) is 0 Å². The van der Waals surface area contributed by atoms with E-state index in [1.165, 1.54) is 0 Å². The summed E-state index contributed by atoms with van der Waals surface area (Å²) >= 11 is 3.68. The highest BCUT2D eigenvalue weighted by atomic mass is 127. The Kier molecular flexibility index (Phi) is 5.02. The van der Waals surface area contributed by atoms with E-state index in [9.17, 15) is 8.78 Å². The molecule has 0 aromatic heterocycles. The van der Waals surface area contributed by atoms with Crippen LogP contribution in [0, 0.1) is 0 Å². The highest BCUT2D eigenvalue weighted by Crippen LogP contribution is 2.13. The average molecular weight is 332 g/mol. The molecule has 0 aliphatic heterocycles. The summed E-state index contributed by atoms with van der Waals surface area (Å²) in [6, 6.07) is 0. The van der Waals surface area contributed by atoms with Crippen LogP contribution in [0.4, 0.5) is 8.78 Å². The average Bonchev–Trinajstić information content (AvgIpc) is 1.65. The summed E-state index contributed by atoms with van der Waals surface area (Å²) in [4.78, 5) is 0. The summed E-state index contributed by atoms with van der Waals surface area (Å²) in [7, 11) is 0. The molecule has 0 rings (SSSR count). The monoisotopic (exact) mass is 332 g/mol. The van der Waals surface area contributed by atoms with Gasteiger partial charge in [0.1, 0.15) is 0 Å². The molecule has 0 N–H and O–H groups in total. The third-order valence-electron chi connectivity index (χ3n) is 0.421. The van der Waals surface area contributed by atoms with E-state index in [1.807, 2.05) is 22.6 Å². The van der Waals surface area contributed by atoms with Crippen molar-refractivity contribution < 1.29 is 8.78 Å². The zero-order chi connectivity index (χ0) is 5.86. The van der Waals surface area contributed by atoms with E-state index >= 15 is 0 Å². The third-order valence-corrected chi connectivity index (χ3v) is 4.04. The zero-order valence-electron chi connectivity index (χ0n) is 3.37. The van der Waals surface area contributed by atoms with Gasteiger partial charge >= 0.3 is 0 Å². The van der Waals surface area contributed by atoms with Gasteiger partial charge in [-0.15, -0.1) is 0 Å². The molecule has 0 aliphatic carbocycles. The first-order valence-electron chi connectivity index (χ1n) is 1.66. The molecule has 0 spiro atoms. The minimum atomic E-state index is -2.16. The predicted octanol–water partition coefficient (Wildman–Crippen LogP) is 2.49. The molecule has 1 unspecified atom stereocenters. The fraction of sp³-hybridized carbons (Fsp3) is 1.00. The lowest BCUT2D eigenvalue weighted by Gasteiger charge is -2.00. The van der Waals surface area contributed by atoms with Gasteiger partial charge in [-0.25, -0.2) is 8.78 Å². The maximum absolute atomic E-state index is 11.4. The summed E-state index contributed by atoms with van der Waals surface area (Å²) in [6.45, 7) is 0. The molecule has 0 saturated heterocycles. The van der Waals surface area contributed by atoms with E-state index < -0.39 is 10.4 Å². The molecule has 4 heteroatoms. The summed E-state index contributed by atoms with van der Waals surface area (Å²) in [5, 5.41) is 0. The Morgan fingerprint density at radius 2 is 1.86 bits per heavy atom. The molecule has 0 heterocycles. The number of hydrogen-bond acceptors (Lipinski definition) is 0. The molecule has 0 aromatic carbocycles. The fourth-order valence-corrected chi connectivity index (χ4v) is 0.452. The summed E-state index contributed by atoms with van der Waals surface area (Å²) in [5.41, 5.74) is 0. The minimum Gasteiger partial charge on any atom is -0.209 e. The Labute approximate surface area is 68.3 Å². The lowest BCUT2D eigenvalue weighted by atomic mass is 10.5. The van der Waals surface area contributed by atoms with Gasteiger partial charge in [-0.05, 0) is 0 Å². The second-order valence-corrected chi connectivity index (χ2v) is 3.49. The van der Waals surface area contributed by atoms with Crippen LogP contribution in [0.25, 0.3) is 0 Å². The van der Waals surface area contributed by atoms with Crippen molar-refractivity contribution in [2.75, 3.05) is 4.43 Å². The summed E-state index contributed by atoms with van der Waals surface area (Å²) in [6.07, 6.45) is -2.16. The van der Waals surface area contributed by atoms with Crippen LogP contribution < -0.4 is 0 Å². The van der Waals surface area contributed by atoms with Crippen LogP contribution in [-0.4, -0.2) is 14.8 Å². The van der Waals surface area contributed by atoms with E-state index in [4.69, 9.17) is 0 Å². The highest BCUT2D eigenvalue weighted by molar-refractivity contribution is 14.1. The van der Waals surface area contributed by atoms with Crippen molar-refractivity contribution in [3.8, 4) is 0 Å². The van der Waals surface area contributed by atoms with Gasteiger partial charge in [0.25, 0.3) is 6.43 Å². The van der Waals surface area contributed by atoms with Gasteiger partial charge < -0.3 is 0 Å². The number of rotatable bonds is 2. The summed E-state index contributed by atoms with van der Waals surface area (Å²) < 4.78 is 22.9. The lowest BCUT2D eigenvalue weighted by molar-refractivity contribution is 0.157. The fourth-order valence-electron chi connectivity index (χ4n) is 0.0673. The maximum atomic E-state index is 11.4. The highest BCUT2D eigenvalue weighted by Gasteiger charge is 2.13. The molecule has 7 heavy (non-hydrogen) atoms. The summed E-state index contributed by atoms with van der Waals surface area (Å²) in [5.74, 6) is 0.